The molecule has 1 aliphatic heterocycles. The number of ketones is 1. The summed E-state index contributed by atoms with van der Waals surface area (Å²) < 4.78 is 5.37. The molecule has 0 amide bonds. The molecule has 0 aliphatic carbocycles. The molecular formula is C17H14N4O2. The molecule has 23 heavy (non-hydrogen) atoms. The number of nitrogens with zero attached hydrogens (tertiary/aromatic N) is 3. The summed E-state index contributed by atoms with van der Waals surface area (Å²) in [5, 5.41) is 9.46. The predicted octanol–water partition coefficient (Wildman–Crippen LogP) is 2.30. The third kappa shape index (κ3) is 2.42. The van der Waals surface area contributed by atoms with E-state index in [0.717, 1.165) is 11.1 Å². The average Bonchev–Trinajstić information content (AvgIpc) is 2.53. The number of hydrogen-bond donors (Lipinski definition) is 1. The van der Waals surface area contributed by atoms with Crippen molar-refractivity contribution in [2.24, 2.45) is 5.73 Å². The number of Topliss-reactive ketones (excluding diaryl/α,β-unsaturated/α-hetero) is 1. The summed E-state index contributed by atoms with van der Waals surface area (Å²) in [7, 11) is 0. The zero-order chi connectivity index (χ0) is 16.6. The van der Waals surface area contributed by atoms with E-state index in [1.54, 1.807) is 19.3 Å². The van der Waals surface area contributed by atoms with Crippen LogP contribution in [0.2, 0.25) is 0 Å². The first-order chi connectivity index (χ1) is 11.0. The van der Waals surface area contributed by atoms with Crippen LogP contribution in [-0.4, -0.2) is 15.8 Å². The number of aromatic nitrogens is 2. The second-order valence-corrected chi connectivity index (χ2v) is 5.26. The molecule has 0 radical (unpaired) electrons. The van der Waals surface area contributed by atoms with Crippen molar-refractivity contribution in [1.82, 2.24) is 9.97 Å². The lowest BCUT2D eigenvalue weighted by atomic mass is 9.81. The van der Waals surface area contributed by atoms with E-state index in [4.69, 9.17) is 10.5 Å². The highest BCUT2D eigenvalue weighted by molar-refractivity contribution is 5.97. The summed E-state index contributed by atoms with van der Waals surface area (Å²) in [6, 6.07) is 7.52. The highest BCUT2D eigenvalue weighted by Crippen LogP contribution is 2.39. The van der Waals surface area contributed by atoms with Gasteiger partial charge in [0.05, 0.1) is 17.0 Å². The van der Waals surface area contributed by atoms with Crippen molar-refractivity contribution in [2.45, 2.75) is 19.8 Å². The number of nitriles is 1. The quantitative estimate of drug-likeness (QED) is 0.913. The predicted molar refractivity (Wildman–Crippen MR) is 83.6 cm³/mol. The third-order valence-electron chi connectivity index (χ3n) is 3.81. The van der Waals surface area contributed by atoms with Crippen molar-refractivity contribution in [3.63, 3.8) is 0 Å². The largest absolute Gasteiger partial charge is 0.445 e. The van der Waals surface area contributed by atoms with Crippen LogP contribution in [0.15, 0.2) is 53.4 Å². The van der Waals surface area contributed by atoms with E-state index in [1.165, 1.54) is 6.92 Å². The molecule has 1 aliphatic rings. The molecule has 1 atom stereocenters. The molecule has 0 unspecified atom stereocenters. The maximum Gasteiger partial charge on any atom is 0.205 e. The number of hydrogen-bond acceptors (Lipinski definition) is 6. The second-order valence-electron chi connectivity index (χ2n) is 5.26. The Morgan fingerprint density at radius 1 is 1.30 bits per heavy atom. The molecule has 114 valence electrons. The average molecular weight is 306 g/mol. The number of nitrogens with two attached hydrogens (primary N) is 1. The Morgan fingerprint density at radius 2 is 2.00 bits per heavy atom. The number of carbonyl (C=O) groups is 1. The zero-order valence-corrected chi connectivity index (χ0v) is 12.7. The normalized spacial score (nSPS) is 17.9. The minimum absolute atomic E-state index is 0.0271. The highest BCUT2D eigenvalue weighted by Gasteiger charge is 2.33. The van der Waals surface area contributed by atoms with E-state index in [9.17, 15) is 10.1 Å². The Labute approximate surface area is 132 Å². The van der Waals surface area contributed by atoms with Crippen LogP contribution in [0, 0.1) is 11.3 Å². The van der Waals surface area contributed by atoms with Gasteiger partial charge in [0.1, 0.15) is 17.4 Å². The Hall–Kier alpha value is -3.20. The molecule has 2 N–H and O–H groups in total. The Morgan fingerprint density at radius 3 is 2.65 bits per heavy atom. The van der Waals surface area contributed by atoms with E-state index in [0.29, 0.717) is 16.8 Å². The van der Waals surface area contributed by atoms with Crippen LogP contribution >= 0.6 is 0 Å². The third-order valence-corrected chi connectivity index (χ3v) is 3.81. The molecule has 0 fully saturated rings. The van der Waals surface area contributed by atoms with Crippen LogP contribution in [0.5, 0.6) is 0 Å². The molecule has 0 saturated carbocycles. The van der Waals surface area contributed by atoms with Crippen molar-refractivity contribution in [2.75, 3.05) is 0 Å². The van der Waals surface area contributed by atoms with Crippen LogP contribution < -0.4 is 5.73 Å². The van der Waals surface area contributed by atoms with Crippen molar-refractivity contribution >= 4 is 16.8 Å². The summed E-state index contributed by atoms with van der Waals surface area (Å²) in [6.07, 6.45) is 3.21. The minimum atomic E-state index is -0.558. The van der Waals surface area contributed by atoms with Gasteiger partial charge in [0.2, 0.25) is 5.88 Å². The van der Waals surface area contributed by atoms with Gasteiger partial charge in [-0.1, -0.05) is 6.07 Å². The highest BCUT2D eigenvalue weighted by atomic mass is 16.5. The Balaban J connectivity index is 2.24. The van der Waals surface area contributed by atoms with Crippen LogP contribution in [0.3, 0.4) is 0 Å². The number of fused-ring (bicyclic) bond motifs is 1. The van der Waals surface area contributed by atoms with Crippen LogP contribution in [0.25, 0.3) is 11.0 Å². The number of benzene rings is 1. The smallest absolute Gasteiger partial charge is 0.205 e. The lowest BCUT2D eigenvalue weighted by molar-refractivity contribution is -0.114. The standard InChI is InChI=1S/C17H14N4O2/c1-9(22)15-10(2)23-17(19)12(8-18)16(15)11-3-4-13-14(7-11)21-6-5-20-13/h3-7,16H,19H2,1-2H3/t16-/m1/s1. The van der Waals surface area contributed by atoms with Gasteiger partial charge < -0.3 is 10.5 Å². The maximum absolute atomic E-state index is 12.1. The summed E-state index contributed by atoms with van der Waals surface area (Å²) >= 11 is 0. The number of allylic oxidation sites excluding steroid dienone is 3. The van der Waals surface area contributed by atoms with Gasteiger partial charge in [-0.3, -0.25) is 14.8 Å². The molecule has 2 heterocycles. The van der Waals surface area contributed by atoms with E-state index in [1.807, 2.05) is 18.2 Å². The van der Waals surface area contributed by atoms with Crippen LogP contribution in [0.4, 0.5) is 0 Å². The van der Waals surface area contributed by atoms with Gasteiger partial charge in [0, 0.05) is 18.0 Å². The Bertz CT molecular complexity index is 922. The molecule has 0 bridgehead atoms. The lowest BCUT2D eigenvalue weighted by Crippen LogP contribution is -2.23. The summed E-state index contributed by atoms with van der Waals surface area (Å²) in [5.74, 6) is -0.276. The first-order valence-electron chi connectivity index (χ1n) is 7.03. The molecule has 6 heteroatoms. The monoisotopic (exact) mass is 306 g/mol. The van der Waals surface area contributed by atoms with E-state index >= 15 is 0 Å². The van der Waals surface area contributed by atoms with Crippen LogP contribution in [0.1, 0.15) is 25.3 Å². The SMILES string of the molecule is CC(=O)C1=C(C)OC(N)=C(C#N)[C@H]1c1ccc2nccnc2c1. The molecule has 0 saturated heterocycles. The van der Waals surface area contributed by atoms with E-state index in [2.05, 4.69) is 16.0 Å². The second kappa shape index (κ2) is 5.54. The van der Waals surface area contributed by atoms with Gasteiger partial charge in [-0.25, -0.2) is 0 Å². The van der Waals surface area contributed by atoms with Crippen molar-refractivity contribution in [3.05, 3.63) is 58.9 Å². The molecule has 0 spiro atoms. The molecule has 3 rings (SSSR count). The summed E-state index contributed by atoms with van der Waals surface area (Å²) in [5.41, 5.74) is 8.68. The first kappa shape index (κ1) is 14.7. The van der Waals surface area contributed by atoms with Gasteiger partial charge in [-0.05, 0) is 31.5 Å². The lowest BCUT2D eigenvalue weighted by Gasteiger charge is -2.26. The Kier molecular flexibility index (Phi) is 3.54. The van der Waals surface area contributed by atoms with E-state index < -0.39 is 5.92 Å². The van der Waals surface area contributed by atoms with Crippen molar-refractivity contribution in [1.29, 1.82) is 5.26 Å². The maximum atomic E-state index is 12.1. The fourth-order valence-electron chi connectivity index (χ4n) is 2.83. The fraction of sp³-hybridized carbons (Fsp3) is 0.176. The molecule has 1 aromatic heterocycles. The molecular weight excluding hydrogens is 292 g/mol. The number of rotatable bonds is 2. The van der Waals surface area contributed by atoms with Gasteiger partial charge in [0.25, 0.3) is 0 Å². The van der Waals surface area contributed by atoms with Gasteiger partial charge in [-0.2, -0.15) is 5.26 Å². The van der Waals surface area contributed by atoms with Crippen molar-refractivity contribution in [3.8, 4) is 6.07 Å². The summed E-state index contributed by atoms with van der Waals surface area (Å²) in [6.45, 7) is 3.12. The molecule has 6 nitrogen and oxygen atoms in total. The zero-order valence-electron chi connectivity index (χ0n) is 12.7. The van der Waals surface area contributed by atoms with Gasteiger partial charge in [-0.15, -0.1) is 0 Å². The number of carbonyl (C=O) groups excluding carboxylic acids is 1. The minimum Gasteiger partial charge on any atom is -0.445 e. The summed E-state index contributed by atoms with van der Waals surface area (Å²) in [4.78, 5) is 20.6. The fourth-order valence-corrected chi connectivity index (χ4v) is 2.83. The van der Waals surface area contributed by atoms with Gasteiger partial charge >= 0.3 is 0 Å². The molecule has 2 aromatic rings. The topological polar surface area (TPSA) is 102 Å². The van der Waals surface area contributed by atoms with E-state index in [-0.39, 0.29) is 17.2 Å². The number of ether oxygens (including phenoxy) is 1. The molecule has 1 aromatic carbocycles. The van der Waals surface area contributed by atoms with Crippen LogP contribution in [-0.2, 0) is 9.53 Å². The van der Waals surface area contributed by atoms with Crippen molar-refractivity contribution < 1.29 is 9.53 Å². The first-order valence-corrected chi connectivity index (χ1v) is 7.03. The van der Waals surface area contributed by atoms with Gasteiger partial charge in [0.15, 0.2) is 5.78 Å².